The van der Waals surface area contributed by atoms with Gasteiger partial charge in [-0.15, -0.1) is 0 Å². The molecule has 0 aliphatic heterocycles. The maximum Gasteiger partial charge on any atom is 0.243 e. The van der Waals surface area contributed by atoms with E-state index in [2.05, 4.69) is 0 Å². The fourth-order valence-corrected chi connectivity index (χ4v) is 4.30. The molecule has 0 heterocycles. The summed E-state index contributed by atoms with van der Waals surface area (Å²) in [7, 11) is -3.44. The van der Waals surface area contributed by atoms with Crippen LogP contribution in [0.2, 0.25) is 0 Å². The summed E-state index contributed by atoms with van der Waals surface area (Å²) >= 11 is 0. The lowest BCUT2D eigenvalue weighted by Crippen LogP contribution is -2.33. The Morgan fingerprint density at radius 2 is 1.95 bits per heavy atom. The molecular formula is C15H23NO3S. The minimum absolute atomic E-state index is 0.121. The number of aliphatic hydroxyl groups is 1. The van der Waals surface area contributed by atoms with Gasteiger partial charge in [-0.3, -0.25) is 0 Å². The van der Waals surface area contributed by atoms with E-state index in [1.807, 2.05) is 19.9 Å². The van der Waals surface area contributed by atoms with Crippen molar-refractivity contribution in [1.29, 1.82) is 0 Å². The molecule has 20 heavy (non-hydrogen) atoms. The normalized spacial score (nSPS) is 15.8. The van der Waals surface area contributed by atoms with Crippen LogP contribution in [0.5, 0.6) is 0 Å². The molecule has 1 N–H and O–H groups in total. The summed E-state index contributed by atoms with van der Waals surface area (Å²) in [5.74, 6) is 0. The largest absolute Gasteiger partial charge is 0.392 e. The van der Waals surface area contributed by atoms with Gasteiger partial charge in [0.25, 0.3) is 0 Å². The van der Waals surface area contributed by atoms with Crippen LogP contribution < -0.4 is 0 Å². The fourth-order valence-electron chi connectivity index (χ4n) is 2.47. The second kappa shape index (κ2) is 6.24. The molecular weight excluding hydrogens is 274 g/mol. The van der Waals surface area contributed by atoms with Crippen LogP contribution in [0.4, 0.5) is 0 Å². The van der Waals surface area contributed by atoms with Gasteiger partial charge in [-0.05, 0) is 48.9 Å². The van der Waals surface area contributed by atoms with Crippen molar-refractivity contribution in [3.63, 3.8) is 0 Å². The number of benzene rings is 1. The first-order chi connectivity index (χ1) is 9.54. The van der Waals surface area contributed by atoms with Crippen molar-refractivity contribution in [3.8, 4) is 0 Å². The van der Waals surface area contributed by atoms with E-state index in [0.717, 1.165) is 31.2 Å². The van der Waals surface area contributed by atoms with E-state index >= 15 is 0 Å². The van der Waals surface area contributed by atoms with Gasteiger partial charge in [0.15, 0.2) is 0 Å². The van der Waals surface area contributed by atoms with Crippen molar-refractivity contribution in [2.75, 3.05) is 6.54 Å². The van der Waals surface area contributed by atoms with Gasteiger partial charge < -0.3 is 5.11 Å². The van der Waals surface area contributed by atoms with Gasteiger partial charge >= 0.3 is 0 Å². The van der Waals surface area contributed by atoms with E-state index in [4.69, 9.17) is 0 Å². The summed E-state index contributed by atoms with van der Waals surface area (Å²) in [6.45, 7) is 4.43. The summed E-state index contributed by atoms with van der Waals surface area (Å²) in [4.78, 5) is 0.305. The van der Waals surface area contributed by atoms with Crippen LogP contribution in [0.1, 0.15) is 44.2 Å². The summed E-state index contributed by atoms with van der Waals surface area (Å²) in [6, 6.07) is 5.27. The number of hydrogen-bond acceptors (Lipinski definition) is 3. The highest BCUT2D eigenvalue weighted by Gasteiger charge is 2.37. The predicted octanol–water partition coefficient (Wildman–Crippen LogP) is 2.30. The molecule has 0 saturated heterocycles. The SMILES string of the molecule is CCCN(C1CC1)S(=O)(=O)c1ccc(CC)c(CO)c1. The first-order valence-electron chi connectivity index (χ1n) is 7.29. The molecule has 1 aromatic rings. The van der Waals surface area contributed by atoms with Crippen molar-refractivity contribution < 1.29 is 13.5 Å². The third-order valence-electron chi connectivity index (χ3n) is 3.73. The fraction of sp³-hybridized carbons (Fsp3) is 0.600. The lowest BCUT2D eigenvalue weighted by molar-refractivity contribution is 0.280. The van der Waals surface area contributed by atoms with Gasteiger partial charge in [0.05, 0.1) is 11.5 Å². The molecule has 1 fully saturated rings. The van der Waals surface area contributed by atoms with E-state index in [9.17, 15) is 13.5 Å². The van der Waals surface area contributed by atoms with E-state index in [0.29, 0.717) is 17.0 Å². The molecule has 1 aliphatic carbocycles. The smallest absolute Gasteiger partial charge is 0.243 e. The molecule has 1 saturated carbocycles. The van der Waals surface area contributed by atoms with Gasteiger partial charge in [0, 0.05) is 12.6 Å². The molecule has 0 spiro atoms. The molecule has 1 aromatic carbocycles. The summed E-state index contributed by atoms with van der Waals surface area (Å²) in [6.07, 6.45) is 3.52. The van der Waals surface area contributed by atoms with Gasteiger partial charge in [-0.25, -0.2) is 8.42 Å². The summed E-state index contributed by atoms with van der Waals surface area (Å²) < 4.78 is 27.1. The van der Waals surface area contributed by atoms with Crippen LogP contribution in [0.15, 0.2) is 23.1 Å². The van der Waals surface area contributed by atoms with Crippen LogP contribution in [0, 0.1) is 0 Å². The minimum Gasteiger partial charge on any atom is -0.392 e. The monoisotopic (exact) mass is 297 g/mol. The highest BCUT2D eigenvalue weighted by atomic mass is 32.2. The van der Waals surface area contributed by atoms with E-state index in [1.165, 1.54) is 0 Å². The lowest BCUT2D eigenvalue weighted by Gasteiger charge is -2.22. The molecule has 0 bridgehead atoms. The van der Waals surface area contributed by atoms with Gasteiger partial charge in [0.1, 0.15) is 0 Å². The third kappa shape index (κ3) is 3.05. The number of sulfonamides is 1. The molecule has 0 amide bonds. The van der Waals surface area contributed by atoms with Gasteiger partial charge in [-0.2, -0.15) is 4.31 Å². The minimum atomic E-state index is -3.44. The quantitative estimate of drug-likeness (QED) is 0.840. The second-order valence-electron chi connectivity index (χ2n) is 5.29. The first kappa shape index (κ1) is 15.5. The number of hydrogen-bond donors (Lipinski definition) is 1. The Morgan fingerprint density at radius 1 is 1.25 bits per heavy atom. The Balaban J connectivity index is 2.37. The molecule has 0 aromatic heterocycles. The van der Waals surface area contributed by atoms with Crippen LogP contribution in [-0.4, -0.2) is 30.4 Å². The Bertz CT molecular complexity index is 564. The van der Waals surface area contributed by atoms with Crippen LogP contribution in [-0.2, 0) is 23.1 Å². The molecule has 2 rings (SSSR count). The van der Waals surface area contributed by atoms with Crippen molar-refractivity contribution in [1.82, 2.24) is 4.31 Å². The Labute approximate surface area is 121 Å². The number of aliphatic hydroxyl groups excluding tert-OH is 1. The molecule has 1 aliphatic rings. The number of rotatable bonds is 7. The average Bonchev–Trinajstić information content (AvgIpc) is 3.28. The Hall–Kier alpha value is -0.910. The maximum absolute atomic E-state index is 12.7. The third-order valence-corrected chi connectivity index (χ3v) is 5.68. The first-order valence-corrected chi connectivity index (χ1v) is 8.73. The summed E-state index contributed by atoms with van der Waals surface area (Å²) in [5.41, 5.74) is 1.71. The lowest BCUT2D eigenvalue weighted by atomic mass is 10.1. The Kier molecular flexibility index (Phi) is 4.83. The molecule has 112 valence electrons. The van der Waals surface area contributed by atoms with E-state index in [1.54, 1.807) is 16.4 Å². The molecule has 5 heteroatoms. The molecule has 0 unspecified atom stereocenters. The predicted molar refractivity (Wildman–Crippen MR) is 78.9 cm³/mol. The second-order valence-corrected chi connectivity index (χ2v) is 7.18. The summed E-state index contributed by atoms with van der Waals surface area (Å²) in [5, 5.41) is 9.39. The Morgan fingerprint density at radius 3 is 2.45 bits per heavy atom. The van der Waals surface area contributed by atoms with Crippen molar-refractivity contribution in [2.24, 2.45) is 0 Å². The highest BCUT2D eigenvalue weighted by Crippen LogP contribution is 2.32. The van der Waals surface area contributed by atoms with E-state index < -0.39 is 10.0 Å². The van der Waals surface area contributed by atoms with Crippen LogP contribution in [0.25, 0.3) is 0 Å². The van der Waals surface area contributed by atoms with E-state index in [-0.39, 0.29) is 12.6 Å². The molecule has 0 atom stereocenters. The van der Waals surface area contributed by atoms with Gasteiger partial charge in [0.2, 0.25) is 10.0 Å². The standard InChI is InChI=1S/C15H23NO3S/c1-3-9-16(14-6-7-14)20(18,19)15-8-5-12(4-2)13(10-15)11-17/h5,8,10,14,17H,3-4,6-7,9,11H2,1-2H3. The van der Waals surface area contributed by atoms with Crippen molar-refractivity contribution in [2.45, 2.75) is 57.1 Å². The van der Waals surface area contributed by atoms with Crippen LogP contribution >= 0.6 is 0 Å². The van der Waals surface area contributed by atoms with Gasteiger partial charge in [-0.1, -0.05) is 19.9 Å². The topological polar surface area (TPSA) is 57.6 Å². The zero-order valence-electron chi connectivity index (χ0n) is 12.2. The zero-order valence-corrected chi connectivity index (χ0v) is 13.0. The zero-order chi connectivity index (χ0) is 14.8. The number of nitrogens with zero attached hydrogens (tertiary/aromatic N) is 1. The molecule has 0 radical (unpaired) electrons. The maximum atomic E-state index is 12.7. The highest BCUT2D eigenvalue weighted by molar-refractivity contribution is 7.89. The van der Waals surface area contributed by atoms with Crippen LogP contribution in [0.3, 0.4) is 0 Å². The molecule has 4 nitrogen and oxygen atoms in total. The average molecular weight is 297 g/mol. The van der Waals surface area contributed by atoms with Crippen molar-refractivity contribution >= 4 is 10.0 Å². The number of aryl methyl sites for hydroxylation is 1. The van der Waals surface area contributed by atoms with Crippen molar-refractivity contribution in [3.05, 3.63) is 29.3 Å².